The van der Waals surface area contributed by atoms with Gasteiger partial charge in [0, 0.05) is 30.1 Å². The number of hydrogen-bond donors (Lipinski definition) is 1. The predicted molar refractivity (Wildman–Crippen MR) is 74.2 cm³/mol. The quantitative estimate of drug-likeness (QED) is 0.774. The van der Waals surface area contributed by atoms with E-state index in [9.17, 15) is 9.90 Å². The number of aliphatic hydroxyl groups excluding tert-OH is 1. The van der Waals surface area contributed by atoms with Gasteiger partial charge in [-0.1, -0.05) is 23.7 Å². The molecule has 0 radical (unpaired) electrons. The zero-order valence-corrected chi connectivity index (χ0v) is 11.7. The van der Waals surface area contributed by atoms with E-state index < -0.39 is 0 Å². The van der Waals surface area contributed by atoms with Gasteiger partial charge in [-0.2, -0.15) is 0 Å². The third-order valence-electron chi connectivity index (χ3n) is 2.80. The number of carbonyl (C=O) groups is 1. The summed E-state index contributed by atoms with van der Waals surface area (Å²) in [6.45, 7) is 3.25. The summed E-state index contributed by atoms with van der Waals surface area (Å²) >= 11 is 5.85. The average Bonchev–Trinajstić information content (AvgIpc) is 2.33. The molecule has 100 valence electrons. The van der Waals surface area contributed by atoms with Crippen molar-refractivity contribution in [2.75, 3.05) is 20.1 Å². The van der Waals surface area contributed by atoms with Crippen molar-refractivity contribution in [1.29, 1.82) is 0 Å². The van der Waals surface area contributed by atoms with Crippen LogP contribution >= 0.6 is 11.6 Å². The molecule has 3 nitrogen and oxygen atoms in total. The van der Waals surface area contributed by atoms with Crippen molar-refractivity contribution in [3.63, 3.8) is 0 Å². The van der Waals surface area contributed by atoms with Crippen LogP contribution in [-0.2, 0) is 0 Å². The van der Waals surface area contributed by atoms with Gasteiger partial charge in [-0.05, 0) is 32.5 Å². The van der Waals surface area contributed by atoms with Crippen LogP contribution in [0.4, 0.5) is 0 Å². The summed E-state index contributed by atoms with van der Waals surface area (Å²) in [5, 5.41) is 9.77. The molecule has 0 saturated heterocycles. The number of halogens is 1. The van der Waals surface area contributed by atoms with Crippen LogP contribution in [0.2, 0.25) is 5.02 Å². The van der Waals surface area contributed by atoms with Crippen LogP contribution in [0.25, 0.3) is 0 Å². The van der Waals surface area contributed by atoms with E-state index >= 15 is 0 Å². The lowest BCUT2D eigenvalue weighted by atomic mass is 10.1. The van der Waals surface area contributed by atoms with Gasteiger partial charge in [0.15, 0.2) is 5.78 Å². The van der Waals surface area contributed by atoms with E-state index in [0.717, 1.165) is 13.0 Å². The van der Waals surface area contributed by atoms with Crippen LogP contribution < -0.4 is 0 Å². The molecule has 0 spiro atoms. The Labute approximate surface area is 113 Å². The lowest BCUT2D eigenvalue weighted by molar-refractivity contribution is 0.0965. The minimum atomic E-state index is -0.295. The number of rotatable bonds is 7. The standard InChI is InChI=1S/C14H20ClNO2/c1-11(17)6-8-16(2)9-7-14(18)12-4-3-5-13(15)10-12/h3-5,10-11,17H,6-9H2,1-2H3. The second-order valence-electron chi connectivity index (χ2n) is 4.62. The van der Waals surface area contributed by atoms with E-state index in [1.807, 2.05) is 7.05 Å². The van der Waals surface area contributed by atoms with Crippen molar-refractivity contribution in [3.05, 3.63) is 34.9 Å². The first kappa shape index (κ1) is 15.2. The Hall–Kier alpha value is -0.900. The number of Topliss-reactive ketones (excluding diaryl/α,β-unsaturated/α-hetero) is 1. The molecule has 0 fully saturated rings. The zero-order valence-electron chi connectivity index (χ0n) is 10.9. The highest BCUT2D eigenvalue weighted by atomic mass is 35.5. The third kappa shape index (κ3) is 5.63. The van der Waals surface area contributed by atoms with Gasteiger partial charge >= 0.3 is 0 Å². The van der Waals surface area contributed by atoms with Crippen LogP contribution in [-0.4, -0.2) is 42.0 Å². The molecule has 0 aliphatic heterocycles. The molecular formula is C14H20ClNO2. The maximum absolute atomic E-state index is 11.9. The Morgan fingerprint density at radius 1 is 1.44 bits per heavy atom. The highest BCUT2D eigenvalue weighted by molar-refractivity contribution is 6.31. The number of benzene rings is 1. The van der Waals surface area contributed by atoms with E-state index in [4.69, 9.17) is 11.6 Å². The number of ketones is 1. The monoisotopic (exact) mass is 269 g/mol. The van der Waals surface area contributed by atoms with Gasteiger partial charge < -0.3 is 10.0 Å². The van der Waals surface area contributed by atoms with E-state index in [1.54, 1.807) is 31.2 Å². The fourth-order valence-electron chi connectivity index (χ4n) is 1.62. The molecule has 18 heavy (non-hydrogen) atoms. The summed E-state index contributed by atoms with van der Waals surface area (Å²) in [5.41, 5.74) is 0.659. The molecule has 1 rings (SSSR count). The number of hydrogen-bond acceptors (Lipinski definition) is 3. The molecule has 1 atom stereocenters. The van der Waals surface area contributed by atoms with Gasteiger partial charge in [0.25, 0.3) is 0 Å². The smallest absolute Gasteiger partial charge is 0.164 e. The molecule has 1 aromatic rings. The number of aliphatic hydroxyl groups is 1. The highest BCUT2D eigenvalue weighted by Crippen LogP contribution is 2.12. The molecule has 0 aliphatic rings. The molecular weight excluding hydrogens is 250 g/mol. The van der Waals surface area contributed by atoms with Gasteiger partial charge in [-0.3, -0.25) is 4.79 Å². The predicted octanol–water partition coefficient (Wildman–Crippen LogP) is 2.62. The topological polar surface area (TPSA) is 40.5 Å². The number of nitrogens with zero attached hydrogens (tertiary/aromatic N) is 1. The summed E-state index contributed by atoms with van der Waals surface area (Å²) < 4.78 is 0. The summed E-state index contributed by atoms with van der Waals surface area (Å²) in [6.07, 6.45) is 0.898. The van der Waals surface area contributed by atoms with Crippen LogP contribution in [0.1, 0.15) is 30.1 Å². The zero-order chi connectivity index (χ0) is 13.5. The molecule has 0 saturated carbocycles. The van der Waals surface area contributed by atoms with Crippen molar-refractivity contribution in [2.24, 2.45) is 0 Å². The second kappa shape index (κ2) is 7.52. The molecule has 0 bridgehead atoms. The van der Waals surface area contributed by atoms with E-state index in [-0.39, 0.29) is 11.9 Å². The van der Waals surface area contributed by atoms with Crippen LogP contribution in [0, 0.1) is 0 Å². The fraction of sp³-hybridized carbons (Fsp3) is 0.500. The Morgan fingerprint density at radius 3 is 2.78 bits per heavy atom. The van der Waals surface area contributed by atoms with Crippen molar-refractivity contribution >= 4 is 17.4 Å². The van der Waals surface area contributed by atoms with Crippen LogP contribution in [0.5, 0.6) is 0 Å². The first-order valence-electron chi connectivity index (χ1n) is 6.14. The van der Waals surface area contributed by atoms with Crippen molar-refractivity contribution < 1.29 is 9.90 Å². The van der Waals surface area contributed by atoms with Gasteiger partial charge in [0.2, 0.25) is 0 Å². The summed E-state index contributed by atoms with van der Waals surface area (Å²) in [5.74, 6) is 0.0985. The Kier molecular flexibility index (Phi) is 6.33. The molecule has 0 amide bonds. The molecule has 1 unspecified atom stereocenters. The molecule has 1 N–H and O–H groups in total. The van der Waals surface area contributed by atoms with Crippen LogP contribution in [0.15, 0.2) is 24.3 Å². The first-order chi connectivity index (χ1) is 8.49. The van der Waals surface area contributed by atoms with Crippen molar-refractivity contribution in [1.82, 2.24) is 4.90 Å². The minimum absolute atomic E-state index is 0.0985. The summed E-state index contributed by atoms with van der Waals surface area (Å²) in [6, 6.07) is 7.02. The van der Waals surface area contributed by atoms with E-state index in [2.05, 4.69) is 4.90 Å². The Balaban J connectivity index is 2.37. The Morgan fingerprint density at radius 2 is 2.17 bits per heavy atom. The second-order valence-corrected chi connectivity index (χ2v) is 5.06. The fourth-order valence-corrected chi connectivity index (χ4v) is 1.81. The van der Waals surface area contributed by atoms with E-state index in [0.29, 0.717) is 23.6 Å². The third-order valence-corrected chi connectivity index (χ3v) is 3.03. The summed E-state index contributed by atoms with van der Waals surface area (Å²) in [7, 11) is 1.95. The largest absolute Gasteiger partial charge is 0.393 e. The molecule has 0 aliphatic carbocycles. The average molecular weight is 270 g/mol. The summed E-state index contributed by atoms with van der Waals surface area (Å²) in [4.78, 5) is 14.0. The Bertz CT molecular complexity index is 393. The first-order valence-corrected chi connectivity index (χ1v) is 6.52. The van der Waals surface area contributed by atoms with Crippen molar-refractivity contribution in [3.8, 4) is 0 Å². The lowest BCUT2D eigenvalue weighted by Crippen LogP contribution is -2.25. The van der Waals surface area contributed by atoms with Gasteiger partial charge in [-0.15, -0.1) is 0 Å². The van der Waals surface area contributed by atoms with E-state index in [1.165, 1.54) is 0 Å². The normalized spacial score (nSPS) is 12.7. The lowest BCUT2D eigenvalue weighted by Gasteiger charge is -2.16. The number of carbonyl (C=O) groups excluding carboxylic acids is 1. The SMILES string of the molecule is CC(O)CCN(C)CCC(=O)c1cccc(Cl)c1. The van der Waals surface area contributed by atoms with Crippen molar-refractivity contribution in [2.45, 2.75) is 25.9 Å². The van der Waals surface area contributed by atoms with Gasteiger partial charge in [0.1, 0.15) is 0 Å². The van der Waals surface area contributed by atoms with Gasteiger partial charge in [0.05, 0.1) is 6.10 Å². The molecule has 0 aromatic heterocycles. The minimum Gasteiger partial charge on any atom is -0.393 e. The molecule has 4 heteroatoms. The highest BCUT2D eigenvalue weighted by Gasteiger charge is 2.08. The maximum Gasteiger partial charge on any atom is 0.164 e. The molecule has 0 heterocycles. The molecule has 1 aromatic carbocycles. The maximum atomic E-state index is 11.9. The van der Waals surface area contributed by atoms with Crippen LogP contribution in [0.3, 0.4) is 0 Å². The van der Waals surface area contributed by atoms with Gasteiger partial charge in [-0.25, -0.2) is 0 Å².